The first-order chi connectivity index (χ1) is 5.75. The first-order valence-electron chi connectivity index (χ1n) is 3.55. The molecule has 1 N–H and O–H groups in total. The maximum absolute atomic E-state index is 10.6. The van der Waals surface area contributed by atoms with Gasteiger partial charge in [-0.25, -0.2) is 4.79 Å². The fourth-order valence-electron chi connectivity index (χ4n) is 0.936. The number of hydrogen-bond donors (Lipinski definition) is 1. The van der Waals surface area contributed by atoms with E-state index in [9.17, 15) is 4.79 Å². The van der Waals surface area contributed by atoms with Gasteiger partial charge in [-0.05, 0) is 13.0 Å². The van der Waals surface area contributed by atoms with E-state index < -0.39 is 5.97 Å². The summed E-state index contributed by atoms with van der Waals surface area (Å²) in [5, 5.41) is 8.73. The Morgan fingerprint density at radius 2 is 2.42 bits per heavy atom. The Bertz CT molecular complexity index is 304. The molecule has 3 nitrogen and oxygen atoms in total. The Kier molecular flexibility index (Phi) is 2.58. The number of aliphatic carboxylic acids is 1. The first-order valence-corrected chi connectivity index (χ1v) is 3.55. The van der Waals surface area contributed by atoms with Crippen LogP contribution >= 0.6 is 0 Å². The second-order valence-electron chi connectivity index (χ2n) is 2.25. The molecule has 1 aromatic heterocycles. The zero-order chi connectivity index (χ0) is 8.97. The minimum Gasteiger partial charge on any atom is -0.478 e. The van der Waals surface area contributed by atoms with Crippen LogP contribution in [0.1, 0.15) is 12.5 Å². The minimum absolute atomic E-state index is 0.281. The average molecular weight is 163 g/mol. The van der Waals surface area contributed by atoms with Crippen molar-refractivity contribution in [2.45, 2.75) is 6.92 Å². The van der Waals surface area contributed by atoms with Crippen LogP contribution in [0.2, 0.25) is 0 Å². The van der Waals surface area contributed by atoms with Crippen LogP contribution < -0.4 is 0 Å². The highest BCUT2D eigenvalue weighted by Crippen LogP contribution is 2.11. The summed E-state index contributed by atoms with van der Waals surface area (Å²) in [4.78, 5) is 14.5. The number of aromatic nitrogens is 1. The number of hydrogen-bond acceptors (Lipinski definition) is 2. The topological polar surface area (TPSA) is 50.2 Å². The van der Waals surface area contributed by atoms with Crippen LogP contribution in [0.25, 0.3) is 5.57 Å². The van der Waals surface area contributed by atoms with Crippen LogP contribution in [0.5, 0.6) is 0 Å². The fourth-order valence-corrected chi connectivity index (χ4v) is 0.936. The molecule has 1 aromatic rings. The molecular weight excluding hydrogens is 154 g/mol. The summed E-state index contributed by atoms with van der Waals surface area (Å²) in [6.07, 6.45) is 4.70. The molecule has 0 bridgehead atoms. The Morgan fingerprint density at radius 1 is 1.67 bits per heavy atom. The second kappa shape index (κ2) is 3.67. The third-order valence-electron chi connectivity index (χ3n) is 1.49. The molecule has 0 saturated carbocycles. The molecule has 0 radical (unpaired) electrons. The van der Waals surface area contributed by atoms with E-state index in [4.69, 9.17) is 5.11 Å². The molecule has 0 spiro atoms. The summed E-state index contributed by atoms with van der Waals surface area (Å²) in [6.45, 7) is 1.69. The van der Waals surface area contributed by atoms with Gasteiger partial charge in [-0.15, -0.1) is 0 Å². The molecule has 0 unspecified atom stereocenters. The van der Waals surface area contributed by atoms with Crippen molar-refractivity contribution >= 4 is 11.5 Å². The zero-order valence-corrected chi connectivity index (χ0v) is 6.69. The molecule has 1 rings (SSSR count). The van der Waals surface area contributed by atoms with Crippen molar-refractivity contribution in [1.82, 2.24) is 4.98 Å². The van der Waals surface area contributed by atoms with Crippen molar-refractivity contribution in [2.75, 3.05) is 0 Å². The molecule has 0 aromatic carbocycles. The number of carbonyl (C=O) groups is 1. The Balaban J connectivity index is 3.05. The van der Waals surface area contributed by atoms with Crippen LogP contribution in [0.15, 0.2) is 30.6 Å². The van der Waals surface area contributed by atoms with Gasteiger partial charge in [0.2, 0.25) is 0 Å². The van der Waals surface area contributed by atoms with Gasteiger partial charge in [0.15, 0.2) is 0 Å². The molecule has 0 amide bonds. The largest absolute Gasteiger partial charge is 0.478 e. The molecule has 0 aliphatic rings. The number of allylic oxidation sites excluding steroid dienone is 1. The number of pyridine rings is 1. The lowest BCUT2D eigenvalue weighted by molar-refractivity contribution is -0.130. The van der Waals surface area contributed by atoms with Crippen molar-refractivity contribution in [3.05, 3.63) is 36.2 Å². The molecule has 12 heavy (non-hydrogen) atoms. The van der Waals surface area contributed by atoms with E-state index in [1.165, 1.54) is 6.20 Å². The molecule has 1 heterocycles. The van der Waals surface area contributed by atoms with E-state index in [1.807, 2.05) is 0 Å². The maximum Gasteiger partial charge on any atom is 0.336 e. The van der Waals surface area contributed by atoms with E-state index in [2.05, 4.69) is 4.98 Å². The highest BCUT2D eigenvalue weighted by atomic mass is 16.4. The Morgan fingerprint density at radius 3 is 2.83 bits per heavy atom. The van der Waals surface area contributed by atoms with E-state index in [0.29, 0.717) is 5.56 Å². The van der Waals surface area contributed by atoms with Gasteiger partial charge in [0, 0.05) is 18.0 Å². The lowest BCUT2D eigenvalue weighted by atomic mass is 10.1. The normalized spacial score (nSPS) is 11.2. The van der Waals surface area contributed by atoms with Crippen LogP contribution in [-0.2, 0) is 4.79 Å². The average Bonchev–Trinajstić information content (AvgIpc) is 2.07. The Hall–Kier alpha value is -1.64. The first kappa shape index (κ1) is 8.46. The fraction of sp³-hybridized carbons (Fsp3) is 0.111. The quantitative estimate of drug-likeness (QED) is 0.673. The lowest BCUT2D eigenvalue weighted by Gasteiger charge is -1.98. The molecular formula is C9H9NO2. The smallest absolute Gasteiger partial charge is 0.336 e. The van der Waals surface area contributed by atoms with Crippen molar-refractivity contribution in [1.29, 1.82) is 0 Å². The molecule has 0 atom stereocenters. The lowest BCUT2D eigenvalue weighted by Crippen LogP contribution is -1.99. The van der Waals surface area contributed by atoms with Crippen molar-refractivity contribution in [3.63, 3.8) is 0 Å². The van der Waals surface area contributed by atoms with E-state index in [-0.39, 0.29) is 5.57 Å². The highest BCUT2D eigenvalue weighted by molar-refractivity contribution is 6.15. The summed E-state index contributed by atoms with van der Waals surface area (Å²) in [5.41, 5.74) is 0.913. The van der Waals surface area contributed by atoms with Crippen LogP contribution in [0.4, 0.5) is 0 Å². The van der Waals surface area contributed by atoms with Gasteiger partial charge in [-0.2, -0.15) is 0 Å². The highest BCUT2D eigenvalue weighted by Gasteiger charge is 2.07. The zero-order valence-electron chi connectivity index (χ0n) is 6.69. The van der Waals surface area contributed by atoms with Crippen LogP contribution in [0, 0.1) is 0 Å². The summed E-state index contributed by atoms with van der Waals surface area (Å²) in [7, 11) is 0. The third kappa shape index (κ3) is 1.69. The third-order valence-corrected chi connectivity index (χ3v) is 1.49. The molecule has 3 heteroatoms. The SMILES string of the molecule is CC=C(C(=O)O)c1cccnc1. The number of rotatable bonds is 2. The predicted molar refractivity (Wildman–Crippen MR) is 45.5 cm³/mol. The van der Waals surface area contributed by atoms with Crippen molar-refractivity contribution in [2.24, 2.45) is 0 Å². The summed E-state index contributed by atoms with van der Waals surface area (Å²) in [6, 6.07) is 3.43. The number of nitrogens with zero attached hydrogens (tertiary/aromatic N) is 1. The Labute approximate surface area is 70.4 Å². The standard InChI is InChI=1S/C9H9NO2/c1-2-8(9(11)12)7-4-3-5-10-6-7/h2-6H,1H3,(H,11,12). The minimum atomic E-state index is -0.925. The maximum atomic E-state index is 10.6. The summed E-state index contributed by atoms with van der Waals surface area (Å²) >= 11 is 0. The van der Waals surface area contributed by atoms with Gasteiger partial charge < -0.3 is 5.11 Å². The second-order valence-corrected chi connectivity index (χ2v) is 2.25. The molecule has 62 valence electrons. The van der Waals surface area contributed by atoms with E-state index in [0.717, 1.165) is 0 Å². The number of carboxylic acids is 1. The van der Waals surface area contributed by atoms with Crippen molar-refractivity contribution in [3.8, 4) is 0 Å². The molecule has 0 aliphatic carbocycles. The van der Waals surface area contributed by atoms with Gasteiger partial charge >= 0.3 is 5.97 Å². The predicted octanol–water partition coefficient (Wildman–Crippen LogP) is 1.57. The summed E-state index contributed by atoms with van der Waals surface area (Å²) < 4.78 is 0. The van der Waals surface area contributed by atoms with Gasteiger partial charge in [0.1, 0.15) is 0 Å². The van der Waals surface area contributed by atoms with Gasteiger partial charge in [0.25, 0.3) is 0 Å². The monoisotopic (exact) mass is 163 g/mol. The van der Waals surface area contributed by atoms with Gasteiger partial charge in [-0.3, -0.25) is 4.98 Å². The molecule has 0 aliphatic heterocycles. The van der Waals surface area contributed by atoms with Gasteiger partial charge in [-0.1, -0.05) is 12.1 Å². The van der Waals surface area contributed by atoms with Gasteiger partial charge in [0.05, 0.1) is 5.57 Å². The molecule has 0 saturated heterocycles. The van der Waals surface area contributed by atoms with E-state index >= 15 is 0 Å². The number of carboxylic acid groups (broad SMARTS) is 1. The van der Waals surface area contributed by atoms with Crippen LogP contribution in [-0.4, -0.2) is 16.1 Å². The van der Waals surface area contributed by atoms with E-state index in [1.54, 1.807) is 31.3 Å². The van der Waals surface area contributed by atoms with Crippen LogP contribution in [0.3, 0.4) is 0 Å². The molecule has 0 fully saturated rings. The van der Waals surface area contributed by atoms with Crippen molar-refractivity contribution < 1.29 is 9.90 Å². The summed E-state index contributed by atoms with van der Waals surface area (Å²) in [5.74, 6) is -0.925.